The number of amides is 2. The van der Waals surface area contributed by atoms with Crippen molar-refractivity contribution >= 4 is 29.2 Å². The van der Waals surface area contributed by atoms with E-state index in [-0.39, 0.29) is 18.4 Å². The van der Waals surface area contributed by atoms with Crippen LogP contribution in [0.5, 0.6) is 0 Å². The summed E-state index contributed by atoms with van der Waals surface area (Å²) in [5, 5.41) is 29.7. The molecule has 0 unspecified atom stereocenters. The third kappa shape index (κ3) is 5.14. The van der Waals surface area contributed by atoms with Gasteiger partial charge in [-0.2, -0.15) is 5.26 Å². The summed E-state index contributed by atoms with van der Waals surface area (Å²) < 4.78 is 0. The second-order valence-electron chi connectivity index (χ2n) is 4.33. The van der Waals surface area contributed by atoms with Crippen molar-refractivity contribution in [1.29, 1.82) is 5.26 Å². The molecule has 9 heteroatoms. The van der Waals surface area contributed by atoms with E-state index in [4.69, 9.17) is 16.2 Å². The van der Waals surface area contributed by atoms with Crippen molar-refractivity contribution in [2.24, 2.45) is 5.84 Å². The Balaban J connectivity index is 2.86. The Labute approximate surface area is 131 Å². The predicted molar refractivity (Wildman–Crippen MR) is 79.4 cm³/mol. The van der Waals surface area contributed by atoms with Crippen LogP contribution in [-0.4, -0.2) is 28.0 Å². The van der Waals surface area contributed by atoms with E-state index in [1.807, 2.05) is 0 Å². The van der Waals surface area contributed by atoms with Crippen molar-refractivity contribution in [3.8, 4) is 6.07 Å². The van der Waals surface area contributed by atoms with Gasteiger partial charge >= 0.3 is 5.97 Å². The van der Waals surface area contributed by atoms with Crippen molar-refractivity contribution in [1.82, 2.24) is 5.43 Å². The number of aliphatic hydroxyl groups excluding tert-OH is 1. The Morgan fingerprint density at radius 1 is 1.13 bits per heavy atom. The normalized spacial score (nSPS) is 11.0. The van der Waals surface area contributed by atoms with Crippen LogP contribution < -0.4 is 16.6 Å². The summed E-state index contributed by atoms with van der Waals surface area (Å²) in [4.78, 5) is 33.2. The molecule has 0 spiro atoms. The lowest BCUT2D eigenvalue weighted by atomic mass is 10.1. The molecule has 0 heterocycles. The summed E-state index contributed by atoms with van der Waals surface area (Å²) in [6, 6.07) is 7.15. The van der Waals surface area contributed by atoms with Gasteiger partial charge in [0, 0.05) is 17.7 Å². The van der Waals surface area contributed by atoms with Crippen LogP contribution in [-0.2, 0) is 14.4 Å². The number of nitrogens with zero attached hydrogens (tertiary/aromatic N) is 1. The Hall–Kier alpha value is -3.38. The van der Waals surface area contributed by atoms with Gasteiger partial charge in [-0.15, -0.1) is 0 Å². The molecule has 120 valence electrons. The number of aliphatic hydroxyl groups is 1. The van der Waals surface area contributed by atoms with E-state index in [1.54, 1.807) is 5.43 Å². The van der Waals surface area contributed by atoms with Crippen LogP contribution in [0.15, 0.2) is 29.8 Å². The number of hydrogen-bond donors (Lipinski definition) is 5. The van der Waals surface area contributed by atoms with Gasteiger partial charge in [0.25, 0.3) is 5.91 Å². The molecule has 0 aliphatic rings. The Morgan fingerprint density at radius 2 is 1.74 bits per heavy atom. The highest BCUT2D eigenvalue weighted by Gasteiger charge is 2.15. The van der Waals surface area contributed by atoms with Crippen molar-refractivity contribution in [2.45, 2.75) is 12.8 Å². The summed E-state index contributed by atoms with van der Waals surface area (Å²) in [6.45, 7) is 0. The van der Waals surface area contributed by atoms with E-state index >= 15 is 0 Å². The third-order valence-electron chi connectivity index (χ3n) is 2.71. The SMILES string of the molecule is N#CC(C(=O)NN)=C(O)c1ccc(NC(=O)CCC(=O)O)cc1. The second kappa shape index (κ2) is 8.16. The fourth-order valence-electron chi connectivity index (χ4n) is 1.58. The molecule has 0 saturated heterocycles. The molecule has 0 fully saturated rings. The minimum atomic E-state index is -1.08. The average molecular weight is 318 g/mol. The van der Waals surface area contributed by atoms with Gasteiger partial charge in [0.1, 0.15) is 11.8 Å². The van der Waals surface area contributed by atoms with Crippen LogP contribution in [0.2, 0.25) is 0 Å². The number of aliphatic carboxylic acids is 1. The molecule has 0 aliphatic carbocycles. The molecule has 23 heavy (non-hydrogen) atoms. The highest BCUT2D eigenvalue weighted by atomic mass is 16.4. The molecule has 0 saturated carbocycles. The number of carboxylic acids is 1. The first-order valence-corrected chi connectivity index (χ1v) is 6.35. The van der Waals surface area contributed by atoms with Gasteiger partial charge in [-0.05, 0) is 24.3 Å². The molecule has 6 N–H and O–H groups in total. The molecular formula is C14H14N4O5. The Bertz CT molecular complexity index is 688. The fourth-order valence-corrected chi connectivity index (χ4v) is 1.58. The standard InChI is InChI=1S/C14H14N4O5/c15-7-10(14(23)18-16)13(22)8-1-3-9(4-2-8)17-11(19)5-6-12(20)21/h1-4,22H,5-6,16H2,(H,17,19)(H,18,23)(H,20,21). The maximum absolute atomic E-state index is 11.5. The zero-order valence-corrected chi connectivity index (χ0v) is 11.9. The zero-order valence-electron chi connectivity index (χ0n) is 11.9. The maximum Gasteiger partial charge on any atom is 0.303 e. The number of hydrogen-bond acceptors (Lipinski definition) is 6. The van der Waals surface area contributed by atoms with E-state index < -0.39 is 29.1 Å². The maximum atomic E-state index is 11.5. The van der Waals surface area contributed by atoms with Gasteiger partial charge in [0.15, 0.2) is 5.57 Å². The van der Waals surface area contributed by atoms with Gasteiger partial charge in [-0.1, -0.05) is 0 Å². The Kier molecular flexibility index (Phi) is 6.27. The largest absolute Gasteiger partial charge is 0.506 e. The minimum absolute atomic E-state index is 0.169. The molecule has 1 aromatic carbocycles. The van der Waals surface area contributed by atoms with Crippen molar-refractivity contribution in [3.63, 3.8) is 0 Å². The number of benzene rings is 1. The van der Waals surface area contributed by atoms with E-state index in [2.05, 4.69) is 5.32 Å². The molecular weight excluding hydrogens is 304 g/mol. The van der Waals surface area contributed by atoms with E-state index in [1.165, 1.54) is 30.3 Å². The van der Waals surface area contributed by atoms with Crippen LogP contribution >= 0.6 is 0 Å². The summed E-state index contributed by atoms with van der Waals surface area (Å²) in [5.74, 6) is 1.87. The van der Waals surface area contributed by atoms with Crippen molar-refractivity contribution in [3.05, 3.63) is 35.4 Å². The topological polar surface area (TPSA) is 166 Å². The molecule has 1 aromatic rings. The van der Waals surface area contributed by atoms with Gasteiger partial charge in [0.05, 0.1) is 6.42 Å². The van der Waals surface area contributed by atoms with E-state index in [9.17, 15) is 19.5 Å². The molecule has 0 radical (unpaired) electrons. The first-order valence-electron chi connectivity index (χ1n) is 6.35. The highest BCUT2D eigenvalue weighted by molar-refractivity contribution is 6.03. The third-order valence-corrected chi connectivity index (χ3v) is 2.71. The average Bonchev–Trinajstić information content (AvgIpc) is 2.54. The number of rotatable bonds is 6. The molecule has 2 amide bonds. The summed E-state index contributed by atoms with van der Waals surface area (Å²) >= 11 is 0. The van der Waals surface area contributed by atoms with Gasteiger partial charge < -0.3 is 15.5 Å². The van der Waals surface area contributed by atoms with E-state index in [0.29, 0.717) is 5.69 Å². The van der Waals surface area contributed by atoms with Gasteiger partial charge in [0.2, 0.25) is 5.91 Å². The molecule has 0 bridgehead atoms. The number of carbonyl (C=O) groups excluding carboxylic acids is 2. The Morgan fingerprint density at radius 3 is 2.22 bits per heavy atom. The summed E-state index contributed by atoms with van der Waals surface area (Å²) in [6.07, 6.45) is -0.454. The number of nitrogens with two attached hydrogens (primary N) is 1. The molecule has 0 aromatic heterocycles. The van der Waals surface area contributed by atoms with Crippen molar-refractivity contribution in [2.75, 3.05) is 5.32 Å². The lowest BCUT2D eigenvalue weighted by Gasteiger charge is -2.07. The molecule has 1 rings (SSSR count). The number of nitrogens with one attached hydrogen (secondary N) is 2. The quantitative estimate of drug-likeness (QED) is 0.125. The lowest BCUT2D eigenvalue weighted by Crippen LogP contribution is -2.31. The smallest absolute Gasteiger partial charge is 0.303 e. The van der Waals surface area contributed by atoms with E-state index in [0.717, 1.165) is 0 Å². The van der Waals surface area contributed by atoms with Crippen LogP contribution in [0.3, 0.4) is 0 Å². The number of carboxylic acid groups (broad SMARTS) is 1. The minimum Gasteiger partial charge on any atom is -0.506 e. The van der Waals surface area contributed by atoms with Crippen LogP contribution in [0.1, 0.15) is 18.4 Å². The lowest BCUT2D eigenvalue weighted by molar-refractivity contribution is -0.138. The molecule has 9 nitrogen and oxygen atoms in total. The first-order chi connectivity index (χ1) is 10.9. The number of carbonyl (C=O) groups is 3. The fraction of sp³-hybridized carbons (Fsp3) is 0.143. The first kappa shape index (κ1) is 17.7. The zero-order chi connectivity index (χ0) is 17.4. The second-order valence-corrected chi connectivity index (χ2v) is 4.33. The van der Waals surface area contributed by atoms with Gasteiger partial charge in [-0.3, -0.25) is 19.8 Å². The molecule has 0 aliphatic heterocycles. The highest BCUT2D eigenvalue weighted by Crippen LogP contribution is 2.18. The number of nitriles is 1. The number of hydrazine groups is 1. The summed E-state index contributed by atoms with van der Waals surface area (Å²) in [7, 11) is 0. The van der Waals surface area contributed by atoms with Gasteiger partial charge in [-0.25, -0.2) is 5.84 Å². The van der Waals surface area contributed by atoms with Crippen LogP contribution in [0, 0.1) is 11.3 Å². The van der Waals surface area contributed by atoms with Crippen LogP contribution in [0.4, 0.5) is 5.69 Å². The van der Waals surface area contributed by atoms with Crippen LogP contribution in [0.25, 0.3) is 5.76 Å². The van der Waals surface area contributed by atoms with Crippen molar-refractivity contribution < 1.29 is 24.6 Å². The summed E-state index contributed by atoms with van der Waals surface area (Å²) in [5.41, 5.74) is 1.74. The monoisotopic (exact) mass is 318 g/mol. The molecule has 0 atom stereocenters. The predicted octanol–water partition coefficient (Wildman–Crippen LogP) is 0.272. The number of anilines is 1.